The normalized spacial score (nSPS) is 11.6. The smallest absolute Gasteiger partial charge is 0.122 e. The predicted molar refractivity (Wildman–Crippen MR) is 83.1 cm³/mol. The Balaban J connectivity index is 1.90. The Morgan fingerprint density at radius 3 is 2.45 bits per heavy atom. The van der Waals surface area contributed by atoms with Crippen LogP contribution in [0.3, 0.4) is 0 Å². The molecular weight excluding hydrogens is 270 g/mol. The van der Waals surface area contributed by atoms with Crippen LogP contribution in [-0.4, -0.2) is 10.9 Å². The molecule has 0 aliphatic carbocycles. The summed E-state index contributed by atoms with van der Waals surface area (Å²) < 4.78 is 5.77. The minimum absolute atomic E-state index is 0.612. The molecule has 20 heavy (non-hydrogen) atoms. The molecule has 1 aromatic carbocycles. The molecule has 106 valence electrons. The Morgan fingerprint density at radius 1 is 1.15 bits per heavy atom. The van der Waals surface area contributed by atoms with Gasteiger partial charge in [0.1, 0.15) is 12.4 Å². The number of aryl methyl sites for hydroxylation is 1. The van der Waals surface area contributed by atoms with Gasteiger partial charge in [-0.15, -0.1) is 11.3 Å². The summed E-state index contributed by atoms with van der Waals surface area (Å²) in [7, 11) is 0. The van der Waals surface area contributed by atoms with Crippen LogP contribution in [0.4, 0.5) is 0 Å². The third kappa shape index (κ3) is 4.10. The molecule has 2 rings (SSSR count). The average Bonchev–Trinajstić information content (AvgIpc) is 2.94. The first-order valence-electron chi connectivity index (χ1n) is 6.68. The Morgan fingerprint density at radius 2 is 1.85 bits per heavy atom. The zero-order valence-corrected chi connectivity index (χ0v) is 12.6. The second-order valence-corrected chi connectivity index (χ2v) is 5.92. The van der Waals surface area contributed by atoms with Gasteiger partial charge in [0.05, 0.1) is 5.71 Å². The summed E-state index contributed by atoms with van der Waals surface area (Å²) in [6.45, 7) is 4.57. The zero-order chi connectivity index (χ0) is 14.4. The van der Waals surface area contributed by atoms with Crippen LogP contribution in [0.15, 0.2) is 41.6 Å². The van der Waals surface area contributed by atoms with Gasteiger partial charge in [0, 0.05) is 16.2 Å². The van der Waals surface area contributed by atoms with E-state index in [-0.39, 0.29) is 0 Å². The topological polar surface area (TPSA) is 41.8 Å². The van der Waals surface area contributed by atoms with Crippen molar-refractivity contribution in [2.24, 2.45) is 5.16 Å². The molecule has 0 saturated heterocycles. The van der Waals surface area contributed by atoms with Gasteiger partial charge in [0.2, 0.25) is 0 Å². The van der Waals surface area contributed by atoms with E-state index in [1.165, 1.54) is 9.75 Å². The van der Waals surface area contributed by atoms with Crippen molar-refractivity contribution in [3.05, 3.63) is 51.7 Å². The maximum absolute atomic E-state index is 8.65. The number of hydrogen-bond acceptors (Lipinski definition) is 4. The Hall–Kier alpha value is -1.81. The summed E-state index contributed by atoms with van der Waals surface area (Å²) >= 11 is 1.80. The van der Waals surface area contributed by atoms with E-state index in [2.05, 4.69) is 24.2 Å². The third-order valence-electron chi connectivity index (χ3n) is 3.00. The molecule has 0 spiro atoms. The van der Waals surface area contributed by atoms with Crippen LogP contribution in [0.25, 0.3) is 0 Å². The fourth-order valence-electron chi connectivity index (χ4n) is 1.88. The predicted octanol–water partition coefficient (Wildman–Crippen LogP) is 4.28. The van der Waals surface area contributed by atoms with Crippen molar-refractivity contribution in [3.63, 3.8) is 0 Å². The number of ether oxygens (including phenoxy) is 1. The van der Waals surface area contributed by atoms with E-state index in [1.807, 2.05) is 24.3 Å². The summed E-state index contributed by atoms with van der Waals surface area (Å²) in [5, 5.41) is 11.8. The van der Waals surface area contributed by atoms with E-state index in [1.54, 1.807) is 18.3 Å². The first-order valence-corrected chi connectivity index (χ1v) is 7.49. The van der Waals surface area contributed by atoms with Gasteiger partial charge in [-0.05, 0) is 43.2 Å². The van der Waals surface area contributed by atoms with Gasteiger partial charge in [-0.1, -0.05) is 24.2 Å². The summed E-state index contributed by atoms with van der Waals surface area (Å²) in [4.78, 5) is 2.63. The largest absolute Gasteiger partial charge is 0.488 e. The average molecular weight is 289 g/mol. The third-order valence-corrected chi connectivity index (χ3v) is 4.20. The van der Waals surface area contributed by atoms with E-state index in [9.17, 15) is 0 Å². The molecule has 0 atom stereocenters. The first-order chi connectivity index (χ1) is 9.71. The molecule has 1 N–H and O–H groups in total. The van der Waals surface area contributed by atoms with E-state index in [4.69, 9.17) is 9.94 Å². The maximum Gasteiger partial charge on any atom is 0.122 e. The minimum atomic E-state index is 0.612. The zero-order valence-electron chi connectivity index (χ0n) is 11.8. The minimum Gasteiger partial charge on any atom is -0.488 e. The van der Waals surface area contributed by atoms with Gasteiger partial charge in [0.25, 0.3) is 0 Å². The summed E-state index contributed by atoms with van der Waals surface area (Å²) in [5.41, 5.74) is 1.81. The molecule has 1 heterocycles. The number of hydrogen-bond donors (Lipinski definition) is 1. The van der Waals surface area contributed by atoms with Crippen molar-refractivity contribution >= 4 is 17.0 Å². The van der Waals surface area contributed by atoms with Crippen molar-refractivity contribution in [3.8, 4) is 5.75 Å². The van der Waals surface area contributed by atoms with Crippen molar-refractivity contribution in [1.29, 1.82) is 0 Å². The highest BCUT2D eigenvalue weighted by atomic mass is 32.1. The quantitative estimate of drug-likeness (QED) is 0.490. The summed E-state index contributed by atoms with van der Waals surface area (Å²) in [5.74, 6) is 0.860. The molecule has 0 aliphatic heterocycles. The molecule has 0 fully saturated rings. The maximum atomic E-state index is 8.65. The fourth-order valence-corrected chi connectivity index (χ4v) is 2.75. The molecule has 0 aliphatic rings. The Kier molecular flexibility index (Phi) is 5.18. The highest BCUT2D eigenvalue weighted by Gasteiger charge is 2.01. The van der Waals surface area contributed by atoms with E-state index in [0.29, 0.717) is 18.7 Å². The van der Waals surface area contributed by atoms with Gasteiger partial charge in [0.15, 0.2) is 0 Å². The monoisotopic (exact) mass is 289 g/mol. The number of nitrogens with zero attached hydrogens (tertiary/aromatic N) is 1. The standard InChI is InChI=1S/C16H19NO2S/c1-3-15-8-9-16(20-15)11-19-14-6-4-13(5-7-14)10-12(2)17-18/h4-9,18H,3,10-11H2,1-2H3/b17-12+. The van der Waals surface area contributed by atoms with E-state index in [0.717, 1.165) is 17.7 Å². The van der Waals surface area contributed by atoms with Crippen LogP contribution in [0.1, 0.15) is 29.2 Å². The van der Waals surface area contributed by atoms with Crippen molar-refractivity contribution in [1.82, 2.24) is 0 Å². The fraction of sp³-hybridized carbons (Fsp3) is 0.312. The molecule has 3 nitrogen and oxygen atoms in total. The lowest BCUT2D eigenvalue weighted by molar-refractivity contribution is 0.310. The second-order valence-electron chi connectivity index (χ2n) is 4.67. The second kappa shape index (κ2) is 7.10. The van der Waals surface area contributed by atoms with Crippen LogP contribution in [0.5, 0.6) is 5.75 Å². The van der Waals surface area contributed by atoms with Crippen molar-refractivity contribution < 1.29 is 9.94 Å². The molecular formula is C16H19NO2S. The highest BCUT2D eigenvalue weighted by Crippen LogP contribution is 2.20. The molecule has 0 amide bonds. The lowest BCUT2D eigenvalue weighted by Crippen LogP contribution is -1.98. The van der Waals surface area contributed by atoms with Gasteiger partial charge >= 0.3 is 0 Å². The Bertz CT molecular complexity index is 572. The first kappa shape index (κ1) is 14.6. The van der Waals surface area contributed by atoms with Crippen LogP contribution in [-0.2, 0) is 19.4 Å². The van der Waals surface area contributed by atoms with Crippen LogP contribution in [0, 0.1) is 0 Å². The molecule has 0 bridgehead atoms. The summed E-state index contributed by atoms with van der Waals surface area (Å²) in [6.07, 6.45) is 1.73. The SMILES string of the molecule is CCc1ccc(COc2ccc(C/C(C)=N/O)cc2)s1. The lowest BCUT2D eigenvalue weighted by Gasteiger charge is -2.06. The number of rotatable bonds is 6. The molecule has 2 aromatic rings. The number of thiophene rings is 1. The molecule has 1 aromatic heterocycles. The summed E-state index contributed by atoms with van der Waals surface area (Å²) in [6, 6.07) is 12.2. The lowest BCUT2D eigenvalue weighted by atomic mass is 10.1. The van der Waals surface area contributed by atoms with Crippen LogP contribution >= 0.6 is 11.3 Å². The van der Waals surface area contributed by atoms with Gasteiger partial charge in [-0.3, -0.25) is 0 Å². The Labute approximate surface area is 123 Å². The van der Waals surface area contributed by atoms with Crippen LogP contribution < -0.4 is 4.74 Å². The van der Waals surface area contributed by atoms with Crippen molar-refractivity contribution in [2.75, 3.05) is 0 Å². The molecule has 0 radical (unpaired) electrons. The molecule has 0 unspecified atom stereocenters. The van der Waals surface area contributed by atoms with Crippen molar-refractivity contribution in [2.45, 2.75) is 33.3 Å². The van der Waals surface area contributed by atoms with Gasteiger partial charge in [-0.2, -0.15) is 0 Å². The molecule has 4 heteroatoms. The molecule has 0 saturated carbocycles. The van der Waals surface area contributed by atoms with E-state index >= 15 is 0 Å². The van der Waals surface area contributed by atoms with Gasteiger partial charge < -0.3 is 9.94 Å². The van der Waals surface area contributed by atoms with E-state index < -0.39 is 0 Å². The number of oxime groups is 1. The number of benzene rings is 1. The highest BCUT2D eigenvalue weighted by molar-refractivity contribution is 7.11. The van der Waals surface area contributed by atoms with Crippen LogP contribution in [0.2, 0.25) is 0 Å². The van der Waals surface area contributed by atoms with Gasteiger partial charge in [-0.25, -0.2) is 0 Å².